The molecule has 2 heterocycles. The second-order valence-electron chi connectivity index (χ2n) is 7.44. The number of nitrogens with two attached hydrogens (primary N) is 1. The Bertz CT molecular complexity index is 1020. The number of benzene rings is 2. The van der Waals surface area contributed by atoms with Crippen LogP contribution in [-0.2, 0) is 0 Å². The lowest BCUT2D eigenvalue weighted by molar-refractivity contribution is 0.160. The van der Waals surface area contributed by atoms with E-state index in [0.717, 1.165) is 25.9 Å². The van der Waals surface area contributed by atoms with Crippen molar-refractivity contribution in [2.75, 3.05) is 37.8 Å². The first-order valence-electron chi connectivity index (χ1n) is 9.57. The molecule has 0 atom stereocenters. The molecule has 0 amide bonds. The Kier molecular flexibility index (Phi) is 5.82. The molecule has 152 valence electrons. The predicted molar refractivity (Wildman–Crippen MR) is 117 cm³/mol. The number of likely N-dealkylation sites (tertiary alicyclic amines) is 1. The van der Waals surface area contributed by atoms with Crippen LogP contribution in [0.3, 0.4) is 0 Å². The van der Waals surface area contributed by atoms with Gasteiger partial charge in [-0.15, -0.1) is 0 Å². The van der Waals surface area contributed by atoms with Crippen LogP contribution in [0.5, 0.6) is 5.75 Å². The summed E-state index contributed by atoms with van der Waals surface area (Å²) in [5, 5.41) is 3.74. The number of nitrogens with zero attached hydrogens (tertiary/aromatic N) is 3. The second-order valence-corrected chi connectivity index (χ2v) is 8.35. The molecule has 6 nitrogen and oxygen atoms in total. The van der Waals surface area contributed by atoms with Gasteiger partial charge in [0, 0.05) is 15.9 Å². The van der Waals surface area contributed by atoms with Crippen LogP contribution in [0.4, 0.5) is 21.6 Å². The van der Waals surface area contributed by atoms with E-state index in [0.29, 0.717) is 50.8 Å². The van der Waals surface area contributed by atoms with E-state index in [2.05, 4.69) is 43.2 Å². The summed E-state index contributed by atoms with van der Waals surface area (Å²) < 4.78 is 20.9. The molecule has 0 unspecified atom stereocenters. The van der Waals surface area contributed by atoms with Gasteiger partial charge in [-0.3, -0.25) is 0 Å². The Hall–Kier alpha value is -2.45. The molecule has 2 aromatic carbocycles. The van der Waals surface area contributed by atoms with Gasteiger partial charge in [-0.05, 0) is 63.2 Å². The molecule has 1 aliphatic heterocycles. The Labute approximate surface area is 177 Å². The molecular weight excluding hydrogens is 437 g/mol. The maximum Gasteiger partial charge on any atom is 0.147 e. The average Bonchev–Trinajstić information content (AvgIpc) is 2.70. The van der Waals surface area contributed by atoms with Crippen LogP contribution in [0.15, 0.2) is 41.1 Å². The van der Waals surface area contributed by atoms with Crippen molar-refractivity contribution < 1.29 is 9.13 Å². The smallest absolute Gasteiger partial charge is 0.147 e. The minimum Gasteiger partial charge on any atom is -0.491 e. The summed E-state index contributed by atoms with van der Waals surface area (Å²) in [5.41, 5.74) is 7.77. The van der Waals surface area contributed by atoms with E-state index in [1.165, 1.54) is 12.4 Å². The summed E-state index contributed by atoms with van der Waals surface area (Å²) in [4.78, 5) is 10.9. The lowest BCUT2D eigenvalue weighted by Crippen LogP contribution is -2.32. The lowest BCUT2D eigenvalue weighted by atomic mass is 9.98. The highest BCUT2D eigenvalue weighted by Gasteiger charge is 2.18. The number of ether oxygens (including phenoxy) is 1. The number of hydrogen-bond acceptors (Lipinski definition) is 6. The van der Waals surface area contributed by atoms with Crippen LogP contribution in [-0.4, -0.2) is 41.6 Å². The second kappa shape index (κ2) is 8.51. The normalized spacial score (nSPS) is 15.6. The number of anilines is 3. The fraction of sp³-hybridized carbons (Fsp3) is 0.333. The van der Waals surface area contributed by atoms with Crippen molar-refractivity contribution in [3.63, 3.8) is 0 Å². The Morgan fingerprint density at radius 1 is 1.24 bits per heavy atom. The van der Waals surface area contributed by atoms with E-state index in [4.69, 9.17) is 10.5 Å². The van der Waals surface area contributed by atoms with Gasteiger partial charge >= 0.3 is 0 Å². The number of nitrogens with one attached hydrogen (secondary N) is 1. The zero-order valence-electron chi connectivity index (χ0n) is 16.2. The number of fused-ring (bicyclic) bond motifs is 1. The van der Waals surface area contributed by atoms with Gasteiger partial charge in [0.25, 0.3) is 0 Å². The molecule has 1 fully saturated rings. The summed E-state index contributed by atoms with van der Waals surface area (Å²) >= 11 is 3.26. The summed E-state index contributed by atoms with van der Waals surface area (Å²) in [6.07, 6.45) is 3.69. The monoisotopic (exact) mass is 459 g/mol. The van der Waals surface area contributed by atoms with E-state index in [-0.39, 0.29) is 5.82 Å². The summed E-state index contributed by atoms with van der Waals surface area (Å²) in [6, 6.07) is 8.41. The number of rotatable bonds is 5. The van der Waals surface area contributed by atoms with Gasteiger partial charge in [-0.2, -0.15) is 0 Å². The quantitative estimate of drug-likeness (QED) is 0.543. The molecule has 29 heavy (non-hydrogen) atoms. The van der Waals surface area contributed by atoms with Crippen molar-refractivity contribution in [3.8, 4) is 5.75 Å². The zero-order valence-corrected chi connectivity index (χ0v) is 17.7. The predicted octanol–water partition coefficient (Wildman–Crippen LogP) is 4.58. The molecule has 0 bridgehead atoms. The molecule has 0 spiro atoms. The van der Waals surface area contributed by atoms with Gasteiger partial charge in [-0.1, -0.05) is 15.9 Å². The number of nitrogen functional groups attached to an aromatic ring is 1. The summed E-state index contributed by atoms with van der Waals surface area (Å²) in [5.74, 6) is 1.27. The van der Waals surface area contributed by atoms with Crippen LogP contribution in [0.2, 0.25) is 0 Å². The average molecular weight is 460 g/mol. The fourth-order valence-electron chi connectivity index (χ4n) is 3.48. The largest absolute Gasteiger partial charge is 0.491 e. The van der Waals surface area contributed by atoms with E-state index in [9.17, 15) is 4.39 Å². The molecular formula is C21H23BrFN5O. The van der Waals surface area contributed by atoms with Crippen LogP contribution in [0.25, 0.3) is 10.9 Å². The molecule has 0 aliphatic carbocycles. The molecule has 3 N–H and O–H groups in total. The third-order valence-electron chi connectivity index (χ3n) is 5.26. The first kappa shape index (κ1) is 19.8. The minimum absolute atomic E-state index is 0.328. The highest BCUT2D eigenvalue weighted by molar-refractivity contribution is 9.10. The molecule has 4 rings (SSSR count). The third kappa shape index (κ3) is 4.59. The molecule has 1 saturated heterocycles. The maximum absolute atomic E-state index is 14.2. The first-order chi connectivity index (χ1) is 14.0. The van der Waals surface area contributed by atoms with Gasteiger partial charge in [0.05, 0.1) is 23.5 Å². The molecule has 3 aromatic rings. The highest BCUT2D eigenvalue weighted by atomic mass is 79.9. The topological polar surface area (TPSA) is 76.3 Å². The van der Waals surface area contributed by atoms with Crippen LogP contribution < -0.4 is 15.8 Å². The number of aromatic nitrogens is 2. The molecule has 8 heteroatoms. The van der Waals surface area contributed by atoms with Crippen LogP contribution in [0.1, 0.15) is 12.8 Å². The van der Waals surface area contributed by atoms with Crippen LogP contribution in [0, 0.1) is 11.7 Å². The van der Waals surface area contributed by atoms with Crippen molar-refractivity contribution in [2.24, 2.45) is 5.92 Å². The van der Waals surface area contributed by atoms with Crippen molar-refractivity contribution in [1.82, 2.24) is 14.9 Å². The van der Waals surface area contributed by atoms with Gasteiger partial charge in [0.1, 0.15) is 23.7 Å². The van der Waals surface area contributed by atoms with Crippen LogP contribution >= 0.6 is 15.9 Å². The third-order valence-corrected chi connectivity index (χ3v) is 5.76. The van der Waals surface area contributed by atoms with Crippen molar-refractivity contribution in [1.29, 1.82) is 0 Å². The van der Waals surface area contributed by atoms with Gasteiger partial charge < -0.3 is 20.7 Å². The SMILES string of the molecule is CN1CCC(COc2cc3ncnc(Nc4ccc(Br)cc4F)c3cc2N)CC1. The Morgan fingerprint density at radius 3 is 2.79 bits per heavy atom. The molecule has 0 saturated carbocycles. The van der Waals surface area contributed by atoms with E-state index in [1.807, 2.05) is 6.07 Å². The molecule has 1 aliphatic rings. The van der Waals surface area contributed by atoms with Crippen molar-refractivity contribution in [3.05, 3.63) is 46.9 Å². The Morgan fingerprint density at radius 2 is 2.03 bits per heavy atom. The molecule has 1 aromatic heterocycles. The van der Waals surface area contributed by atoms with Gasteiger partial charge in [0.15, 0.2) is 0 Å². The molecule has 0 radical (unpaired) electrons. The number of hydrogen-bond donors (Lipinski definition) is 2. The van der Waals surface area contributed by atoms with E-state index in [1.54, 1.807) is 18.2 Å². The zero-order chi connectivity index (χ0) is 20.4. The maximum atomic E-state index is 14.2. The van der Waals surface area contributed by atoms with Gasteiger partial charge in [-0.25, -0.2) is 14.4 Å². The minimum atomic E-state index is -0.378. The number of piperidine rings is 1. The van der Waals surface area contributed by atoms with Crippen molar-refractivity contribution in [2.45, 2.75) is 12.8 Å². The van der Waals surface area contributed by atoms with E-state index >= 15 is 0 Å². The highest BCUT2D eigenvalue weighted by Crippen LogP contribution is 2.33. The van der Waals surface area contributed by atoms with E-state index < -0.39 is 0 Å². The summed E-state index contributed by atoms with van der Waals surface area (Å²) in [6.45, 7) is 2.83. The van der Waals surface area contributed by atoms with Gasteiger partial charge in [0.2, 0.25) is 0 Å². The number of halogens is 2. The lowest BCUT2D eigenvalue weighted by Gasteiger charge is -2.28. The first-order valence-corrected chi connectivity index (χ1v) is 10.4. The summed E-state index contributed by atoms with van der Waals surface area (Å²) in [7, 11) is 2.14. The fourth-order valence-corrected chi connectivity index (χ4v) is 3.81. The Balaban J connectivity index is 1.55. The van der Waals surface area contributed by atoms with Crippen molar-refractivity contribution >= 4 is 44.0 Å². The standard InChI is InChI=1S/C21H23BrFN5O/c1-28-6-4-13(5-7-28)11-29-20-10-19-15(9-17(20)24)21(26-12-25-19)27-18-3-2-14(22)8-16(18)23/h2-3,8-10,12-13H,4-7,11,24H2,1H3,(H,25,26,27).